The van der Waals surface area contributed by atoms with E-state index < -0.39 is 0 Å². The van der Waals surface area contributed by atoms with Crippen LogP contribution in [0.3, 0.4) is 0 Å². The molecule has 0 radical (unpaired) electrons. The third-order valence-electron chi connectivity index (χ3n) is 4.12. The van der Waals surface area contributed by atoms with Gasteiger partial charge in [-0.25, -0.2) is 0 Å². The Balaban J connectivity index is 1.69. The highest BCUT2D eigenvalue weighted by molar-refractivity contribution is 5.79. The van der Waals surface area contributed by atoms with Gasteiger partial charge in [0.25, 0.3) is 0 Å². The molecule has 0 fully saturated rings. The Bertz CT molecular complexity index is 661. The van der Waals surface area contributed by atoms with Crippen LogP contribution in [-0.4, -0.2) is 29.0 Å². The minimum Gasteiger partial charge on any atom is -0.497 e. The lowest BCUT2D eigenvalue weighted by atomic mass is 10.1. The van der Waals surface area contributed by atoms with Crippen molar-refractivity contribution in [2.75, 3.05) is 13.7 Å². The van der Waals surface area contributed by atoms with Gasteiger partial charge in [-0.3, -0.25) is 4.79 Å². The van der Waals surface area contributed by atoms with Crippen LogP contribution < -0.4 is 4.74 Å². The van der Waals surface area contributed by atoms with E-state index >= 15 is 0 Å². The van der Waals surface area contributed by atoms with E-state index in [1.54, 1.807) is 7.11 Å². The van der Waals surface area contributed by atoms with Crippen molar-refractivity contribution in [2.45, 2.75) is 19.4 Å². The number of amides is 1. The summed E-state index contributed by atoms with van der Waals surface area (Å²) in [7, 11) is 3.70. The van der Waals surface area contributed by atoms with Crippen molar-refractivity contribution >= 4 is 5.91 Å². The van der Waals surface area contributed by atoms with Crippen LogP contribution in [0.2, 0.25) is 0 Å². The van der Waals surface area contributed by atoms with E-state index in [4.69, 9.17) is 4.74 Å². The van der Waals surface area contributed by atoms with Crippen molar-refractivity contribution < 1.29 is 9.53 Å². The number of fused-ring (bicyclic) bond motifs is 1. The number of hydrogen-bond acceptors (Lipinski definition) is 2. The van der Waals surface area contributed by atoms with Gasteiger partial charge in [0.15, 0.2) is 0 Å². The zero-order valence-electron chi connectivity index (χ0n) is 12.5. The quantitative estimate of drug-likeness (QED) is 0.865. The Kier molecular flexibility index (Phi) is 3.69. The molecular weight excluding hydrogens is 264 g/mol. The van der Waals surface area contributed by atoms with Gasteiger partial charge in [0.2, 0.25) is 5.91 Å². The van der Waals surface area contributed by atoms with Gasteiger partial charge in [0.1, 0.15) is 5.75 Å². The minimum absolute atomic E-state index is 0.178. The second-order valence-electron chi connectivity index (χ2n) is 5.49. The molecule has 4 nitrogen and oxygen atoms in total. The fourth-order valence-corrected chi connectivity index (χ4v) is 2.90. The highest BCUT2D eigenvalue weighted by Crippen LogP contribution is 2.21. The monoisotopic (exact) mass is 284 g/mol. The van der Waals surface area contributed by atoms with E-state index in [9.17, 15) is 4.79 Å². The second kappa shape index (κ2) is 5.64. The van der Waals surface area contributed by atoms with Crippen LogP contribution in [0.15, 0.2) is 36.5 Å². The number of hydrogen-bond donors (Lipinski definition) is 0. The number of methoxy groups -OCH3 is 1. The minimum atomic E-state index is 0.178. The van der Waals surface area contributed by atoms with Crippen molar-refractivity contribution in [3.63, 3.8) is 0 Å². The predicted octanol–water partition coefficient (Wildman–Crippen LogP) is 2.16. The number of benzene rings is 1. The molecule has 0 N–H and O–H groups in total. The third kappa shape index (κ3) is 2.79. The topological polar surface area (TPSA) is 34.5 Å². The Morgan fingerprint density at radius 1 is 1.33 bits per heavy atom. The average molecular weight is 284 g/mol. The van der Waals surface area contributed by atoms with E-state index in [-0.39, 0.29) is 5.91 Å². The van der Waals surface area contributed by atoms with E-state index in [1.807, 2.05) is 29.2 Å². The van der Waals surface area contributed by atoms with E-state index in [2.05, 4.69) is 23.9 Å². The number of carbonyl (C=O) groups excluding carboxylic acids is 1. The van der Waals surface area contributed by atoms with E-state index in [0.29, 0.717) is 6.42 Å². The van der Waals surface area contributed by atoms with Crippen molar-refractivity contribution in [2.24, 2.45) is 7.05 Å². The smallest absolute Gasteiger partial charge is 0.227 e. The number of rotatable bonds is 3. The first-order valence-corrected chi connectivity index (χ1v) is 7.21. The molecule has 2 heterocycles. The van der Waals surface area contributed by atoms with Crippen LogP contribution in [0.5, 0.6) is 5.75 Å². The summed E-state index contributed by atoms with van der Waals surface area (Å²) in [4.78, 5) is 14.4. The molecule has 0 spiro atoms. The van der Waals surface area contributed by atoms with Crippen molar-refractivity contribution in [3.8, 4) is 5.75 Å². The van der Waals surface area contributed by atoms with Crippen LogP contribution in [0, 0.1) is 0 Å². The molecule has 3 rings (SSSR count). The fraction of sp³-hybridized carbons (Fsp3) is 0.353. The summed E-state index contributed by atoms with van der Waals surface area (Å²) in [5.74, 6) is 0.974. The number of carbonyl (C=O) groups is 1. The molecular formula is C17H20N2O2. The predicted molar refractivity (Wildman–Crippen MR) is 81.2 cm³/mol. The molecule has 21 heavy (non-hydrogen) atoms. The van der Waals surface area contributed by atoms with Gasteiger partial charge in [-0.2, -0.15) is 0 Å². The molecule has 1 aromatic heterocycles. The Morgan fingerprint density at radius 3 is 3.00 bits per heavy atom. The Labute approximate surface area is 124 Å². The average Bonchev–Trinajstić information content (AvgIpc) is 2.88. The normalized spacial score (nSPS) is 13.9. The van der Waals surface area contributed by atoms with Crippen LogP contribution in [0.1, 0.15) is 16.8 Å². The van der Waals surface area contributed by atoms with Gasteiger partial charge in [0, 0.05) is 38.4 Å². The summed E-state index contributed by atoms with van der Waals surface area (Å²) in [6.07, 6.45) is 3.43. The van der Waals surface area contributed by atoms with E-state index in [0.717, 1.165) is 30.8 Å². The summed E-state index contributed by atoms with van der Waals surface area (Å²) >= 11 is 0. The Morgan fingerprint density at radius 2 is 2.19 bits per heavy atom. The molecule has 0 aliphatic carbocycles. The van der Waals surface area contributed by atoms with E-state index in [1.165, 1.54) is 11.3 Å². The number of ether oxygens (including phenoxy) is 1. The first-order chi connectivity index (χ1) is 10.2. The molecule has 1 amide bonds. The lowest BCUT2D eigenvalue weighted by Gasteiger charge is -2.28. The summed E-state index contributed by atoms with van der Waals surface area (Å²) in [6.45, 7) is 1.52. The zero-order valence-corrected chi connectivity index (χ0v) is 12.5. The molecule has 0 saturated heterocycles. The van der Waals surface area contributed by atoms with Crippen LogP contribution in [0.25, 0.3) is 0 Å². The van der Waals surface area contributed by atoms with Crippen molar-refractivity contribution in [1.82, 2.24) is 9.47 Å². The molecule has 1 aromatic carbocycles. The molecule has 1 aliphatic heterocycles. The first kappa shape index (κ1) is 13.7. The molecule has 0 bridgehead atoms. The van der Waals surface area contributed by atoms with Crippen molar-refractivity contribution in [3.05, 3.63) is 53.3 Å². The molecule has 2 aromatic rings. The van der Waals surface area contributed by atoms with Gasteiger partial charge in [-0.15, -0.1) is 0 Å². The highest BCUT2D eigenvalue weighted by atomic mass is 16.5. The van der Waals surface area contributed by atoms with Crippen LogP contribution in [0.4, 0.5) is 0 Å². The molecule has 0 unspecified atom stereocenters. The lowest BCUT2D eigenvalue weighted by Crippen LogP contribution is -2.37. The lowest BCUT2D eigenvalue weighted by molar-refractivity contribution is -0.131. The fourth-order valence-electron chi connectivity index (χ4n) is 2.90. The molecule has 1 aliphatic rings. The largest absolute Gasteiger partial charge is 0.497 e. The third-order valence-corrected chi connectivity index (χ3v) is 4.12. The maximum absolute atomic E-state index is 12.5. The number of nitrogens with zero attached hydrogens (tertiary/aromatic N) is 2. The summed E-state index contributed by atoms with van der Waals surface area (Å²) < 4.78 is 7.36. The second-order valence-corrected chi connectivity index (χ2v) is 5.49. The number of aromatic nitrogens is 1. The maximum Gasteiger partial charge on any atom is 0.227 e. The maximum atomic E-state index is 12.5. The van der Waals surface area contributed by atoms with Crippen LogP contribution in [-0.2, 0) is 31.2 Å². The summed E-state index contributed by atoms with van der Waals surface area (Å²) in [5, 5.41) is 0. The Hall–Kier alpha value is -2.23. The molecule has 4 heteroatoms. The van der Waals surface area contributed by atoms with Gasteiger partial charge < -0.3 is 14.2 Å². The van der Waals surface area contributed by atoms with Gasteiger partial charge in [-0.05, 0) is 29.3 Å². The SMILES string of the molecule is COc1cccc(CC(=O)N2CCc3c(ccn3C)C2)c1. The molecule has 0 saturated carbocycles. The van der Waals surface area contributed by atoms with Crippen LogP contribution >= 0.6 is 0 Å². The zero-order chi connectivity index (χ0) is 14.8. The van der Waals surface area contributed by atoms with Gasteiger partial charge in [0.05, 0.1) is 13.5 Å². The summed E-state index contributed by atoms with van der Waals surface area (Å²) in [6, 6.07) is 9.83. The van der Waals surface area contributed by atoms with Crippen molar-refractivity contribution in [1.29, 1.82) is 0 Å². The summed E-state index contributed by atoms with van der Waals surface area (Å²) in [5.41, 5.74) is 3.61. The van der Waals surface area contributed by atoms with Gasteiger partial charge in [-0.1, -0.05) is 12.1 Å². The highest BCUT2D eigenvalue weighted by Gasteiger charge is 2.22. The van der Waals surface area contributed by atoms with Gasteiger partial charge >= 0.3 is 0 Å². The standard InChI is InChI=1S/C17H20N2O2/c1-18-8-6-14-12-19(9-7-16(14)18)17(20)11-13-4-3-5-15(10-13)21-2/h3-6,8,10H,7,9,11-12H2,1-2H3. The first-order valence-electron chi connectivity index (χ1n) is 7.21. The molecule has 0 atom stereocenters. The number of aryl methyl sites for hydroxylation is 1. The molecule has 110 valence electrons.